The van der Waals surface area contributed by atoms with Crippen LogP contribution in [0.25, 0.3) is 0 Å². The van der Waals surface area contributed by atoms with Crippen LogP contribution >= 0.6 is 0 Å². The largest absolute Gasteiger partial charge is 0.478 e. The van der Waals surface area contributed by atoms with Gasteiger partial charge in [-0.3, -0.25) is 0 Å². The summed E-state index contributed by atoms with van der Waals surface area (Å²) >= 11 is 0. The average Bonchev–Trinajstić information content (AvgIpc) is 2.39. The van der Waals surface area contributed by atoms with Gasteiger partial charge in [0.05, 0.1) is 5.56 Å². The van der Waals surface area contributed by atoms with Crippen LogP contribution in [-0.2, 0) is 6.61 Å². The fourth-order valence-electron chi connectivity index (χ4n) is 1.56. The number of pyridine rings is 1. The Morgan fingerprint density at radius 1 is 1.37 bits per heavy atom. The van der Waals surface area contributed by atoms with Crippen LogP contribution in [0.4, 0.5) is 4.39 Å². The van der Waals surface area contributed by atoms with Crippen LogP contribution in [0.2, 0.25) is 0 Å². The number of aromatic nitrogens is 1. The van der Waals surface area contributed by atoms with Gasteiger partial charge in [-0.15, -0.1) is 0 Å². The number of carboxylic acid groups (broad SMARTS) is 1. The summed E-state index contributed by atoms with van der Waals surface area (Å²) in [6.45, 7) is 1.97. The molecule has 1 heterocycles. The molecule has 0 spiro atoms. The van der Waals surface area contributed by atoms with Gasteiger partial charge in [-0.05, 0) is 30.7 Å². The monoisotopic (exact) mass is 261 g/mol. The van der Waals surface area contributed by atoms with E-state index in [9.17, 15) is 9.18 Å². The number of nitrogens with zero attached hydrogens (tertiary/aromatic N) is 1. The van der Waals surface area contributed by atoms with Gasteiger partial charge in [0, 0.05) is 11.8 Å². The first kappa shape index (κ1) is 13.0. The summed E-state index contributed by atoms with van der Waals surface area (Å²) in [4.78, 5) is 14.7. The first-order valence-electron chi connectivity index (χ1n) is 5.63. The lowest BCUT2D eigenvalue weighted by atomic mass is 10.2. The van der Waals surface area contributed by atoms with Crippen molar-refractivity contribution in [3.8, 4) is 5.88 Å². The molecule has 1 N–H and O–H groups in total. The molecule has 0 radical (unpaired) electrons. The van der Waals surface area contributed by atoms with Crippen molar-refractivity contribution in [3.05, 3.63) is 59.0 Å². The van der Waals surface area contributed by atoms with Gasteiger partial charge in [-0.2, -0.15) is 0 Å². The second-order valence-electron chi connectivity index (χ2n) is 4.07. The van der Waals surface area contributed by atoms with Crippen molar-refractivity contribution in [2.75, 3.05) is 0 Å². The molecule has 0 aliphatic heterocycles. The van der Waals surface area contributed by atoms with Crippen molar-refractivity contribution < 1.29 is 19.0 Å². The molecule has 0 fully saturated rings. The summed E-state index contributed by atoms with van der Waals surface area (Å²) < 4.78 is 18.2. The number of aryl methyl sites for hydroxylation is 1. The highest BCUT2D eigenvalue weighted by atomic mass is 19.1. The third-order valence-electron chi connectivity index (χ3n) is 2.57. The number of halogens is 1. The maximum atomic E-state index is 12.7. The second-order valence-corrected chi connectivity index (χ2v) is 4.07. The van der Waals surface area contributed by atoms with Crippen LogP contribution in [0.1, 0.15) is 21.5 Å². The fraction of sp³-hybridized carbons (Fsp3) is 0.143. The minimum absolute atomic E-state index is 0.117. The molecule has 0 aliphatic rings. The van der Waals surface area contributed by atoms with Crippen LogP contribution in [0.15, 0.2) is 36.5 Å². The van der Waals surface area contributed by atoms with E-state index in [1.54, 1.807) is 19.1 Å². The van der Waals surface area contributed by atoms with Gasteiger partial charge >= 0.3 is 5.97 Å². The molecule has 0 unspecified atom stereocenters. The summed E-state index contributed by atoms with van der Waals surface area (Å²) in [5.41, 5.74) is 1.57. The Bertz CT molecular complexity index is 596. The Kier molecular flexibility index (Phi) is 3.75. The van der Waals surface area contributed by atoms with E-state index in [1.165, 1.54) is 24.4 Å². The molecule has 0 aliphatic carbocycles. The number of hydrogen-bond acceptors (Lipinski definition) is 3. The lowest BCUT2D eigenvalue weighted by Crippen LogP contribution is -2.02. The fourth-order valence-corrected chi connectivity index (χ4v) is 1.56. The van der Waals surface area contributed by atoms with Crippen LogP contribution in [0.3, 0.4) is 0 Å². The van der Waals surface area contributed by atoms with E-state index in [1.807, 2.05) is 0 Å². The number of rotatable bonds is 4. The van der Waals surface area contributed by atoms with Crippen LogP contribution in [0, 0.1) is 12.7 Å². The first-order valence-corrected chi connectivity index (χ1v) is 5.63. The Labute approximate surface area is 109 Å². The number of ether oxygens (including phenoxy) is 1. The number of carboxylic acids is 1. The molecule has 19 heavy (non-hydrogen) atoms. The first-order chi connectivity index (χ1) is 9.06. The summed E-state index contributed by atoms with van der Waals surface area (Å²) in [6, 6.07) is 7.45. The van der Waals surface area contributed by atoms with Crippen molar-refractivity contribution in [1.29, 1.82) is 0 Å². The van der Waals surface area contributed by atoms with E-state index >= 15 is 0 Å². The highest BCUT2D eigenvalue weighted by Gasteiger charge is 2.08. The molecular weight excluding hydrogens is 249 g/mol. The Hall–Kier alpha value is -2.43. The average molecular weight is 261 g/mol. The number of benzene rings is 1. The second kappa shape index (κ2) is 5.48. The molecule has 0 amide bonds. The van der Waals surface area contributed by atoms with Gasteiger partial charge in [-0.25, -0.2) is 14.2 Å². The number of hydrogen-bond donors (Lipinski definition) is 1. The standard InChI is InChI=1S/C14H12FNO3/c1-9-6-11(14(17)18)7-16-13(9)19-8-10-2-4-12(15)5-3-10/h2-7H,8H2,1H3,(H,17,18). The molecule has 1 aromatic heterocycles. The Balaban J connectivity index is 2.07. The number of aromatic carboxylic acids is 1. The highest BCUT2D eigenvalue weighted by molar-refractivity contribution is 5.87. The topological polar surface area (TPSA) is 59.4 Å². The van der Waals surface area contributed by atoms with Gasteiger partial charge < -0.3 is 9.84 Å². The van der Waals surface area contributed by atoms with Gasteiger partial charge in [-0.1, -0.05) is 12.1 Å². The number of carbonyl (C=O) groups is 1. The lowest BCUT2D eigenvalue weighted by molar-refractivity contribution is 0.0696. The molecule has 0 atom stereocenters. The summed E-state index contributed by atoms with van der Waals surface area (Å²) in [5.74, 6) is -0.959. The van der Waals surface area contributed by atoms with E-state index in [0.29, 0.717) is 11.4 Å². The van der Waals surface area contributed by atoms with E-state index in [-0.39, 0.29) is 18.0 Å². The summed E-state index contributed by atoms with van der Waals surface area (Å²) in [5, 5.41) is 8.82. The molecule has 2 aromatic rings. The van der Waals surface area contributed by atoms with Crippen molar-refractivity contribution in [1.82, 2.24) is 4.98 Å². The van der Waals surface area contributed by atoms with Gasteiger partial charge in [0.15, 0.2) is 0 Å². The third kappa shape index (κ3) is 3.28. The van der Waals surface area contributed by atoms with Crippen molar-refractivity contribution in [2.24, 2.45) is 0 Å². The van der Waals surface area contributed by atoms with Gasteiger partial charge in [0.1, 0.15) is 12.4 Å². The zero-order chi connectivity index (χ0) is 13.8. The molecule has 5 heteroatoms. The predicted octanol–water partition coefficient (Wildman–Crippen LogP) is 2.81. The van der Waals surface area contributed by atoms with Crippen molar-refractivity contribution >= 4 is 5.97 Å². The zero-order valence-corrected chi connectivity index (χ0v) is 10.3. The van der Waals surface area contributed by atoms with Gasteiger partial charge in [0.2, 0.25) is 5.88 Å². The molecule has 0 bridgehead atoms. The third-order valence-corrected chi connectivity index (χ3v) is 2.57. The maximum absolute atomic E-state index is 12.7. The SMILES string of the molecule is Cc1cc(C(=O)O)cnc1OCc1ccc(F)cc1. The van der Waals surface area contributed by atoms with Crippen LogP contribution in [-0.4, -0.2) is 16.1 Å². The van der Waals surface area contributed by atoms with E-state index < -0.39 is 5.97 Å². The highest BCUT2D eigenvalue weighted by Crippen LogP contribution is 2.17. The normalized spacial score (nSPS) is 10.2. The van der Waals surface area contributed by atoms with Crippen molar-refractivity contribution in [2.45, 2.75) is 13.5 Å². The van der Waals surface area contributed by atoms with Crippen LogP contribution in [0.5, 0.6) is 5.88 Å². The minimum Gasteiger partial charge on any atom is -0.478 e. The zero-order valence-electron chi connectivity index (χ0n) is 10.3. The quantitative estimate of drug-likeness (QED) is 0.919. The Morgan fingerprint density at radius 3 is 2.63 bits per heavy atom. The Morgan fingerprint density at radius 2 is 2.05 bits per heavy atom. The molecule has 4 nitrogen and oxygen atoms in total. The molecule has 1 aromatic carbocycles. The van der Waals surface area contributed by atoms with E-state index in [0.717, 1.165) is 5.56 Å². The van der Waals surface area contributed by atoms with Crippen LogP contribution < -0.4 is 4.74 Å². The lowest BCUT2D eigenvalue weighted by Gasteiger charge is -2.08. The predicted molar refractivity (Wildman–Crippen MR) is 66.7 cm³/mol. The van der Waals surface area contributed by atoms with E-state index in [4.69, 9.17) is 9.84 Å². The molecule has 98 valence electrons. The molecule has 0 saturated heterocycles. The molecule has 2 rings (SSSR count). The molecular formula is C14H12FNO3. The minimum atomic E-state index is -1.03. The van der Waals surface area contributed by atoms with E-state index in [2.05, 4.69) is 4.98 Å². The summed E-state index contributed by atoms with van der Waals surface area (Å²) in [7, 11) is 0. The van der Waals surface area contributed by atoms with Gasteiger partial charge in [0.25, 0.3) is 0 Å². The van der Waals surface area contributed by atoms with Crippen molar-refractivity contribution in [3.63, 3.8) is 0 Å². The summed E-state index contributed by atoms with van der Waals surface area (Å²) in [6.07, 6.45) is 1.25. The smallest absolute Gasteiger partial charge is 0.337 e. The maximum Gasteiger partial charge on any atom is 0.337 e. The molecule has 0 saturated carbocycles.